The Kier molecular flexibility index (Phi) is 3.73. The molecular weight excluding hydrogens is 274 g/mol. The molecule has 3 unspecified atom stereocenters. The van der Waals surface area contributed by atoms with Gasteiger partial charge in [-0.2, -0.15) is 0 Å². The van der Waals surface area contributed by atoms with Gasteiger partial charge in [-0.05, 0) is 25.2 Å². The Balaban J connectivity index is 1.80. The molecule has 3 amide bonds. The van der Waals surface area contributed by atoms with E-state index in [2.05, 4.69) is 5.32 Å². The summed E-state index contributed by atoms with van der Waals surface area (Å²) in [5.74, 6) is -0.817. The first-order chi connectivity index (χ1) is 10.1. The van der Waals surface area contributed by atoms with Crippen LogP contribution in [-0.4, -0.2) is 64.5 Å². The Morgan fingerprint density at radius 2 is 2.00 bits per heavy atom. The predicted octanol–water partition coefficient (Wildman–Crippen LogP) is 0.256. The third-order valence-electron chi connectivity index (χ3n) is 4.90. The van der Waals surface area contributed by atoms with Gasteiger partial charge in [0.1, 0.15) is 12.6 Å². The molecule has 2 N–H and O–H groups in total. The Bertz CT molecular complexity index is 467. The standard InChI is InChI=1S/C14H21N3O4/c18-12-8-16(6-5-15-12)14(21)17-10-4-2-1-3-9(10)7-11(17)13(19)20/h9-11H,1-8H2,(H,15,18)(H,19,20). The Hall–Kier alpha value is -1.79. The highest BCUT2D eigenvalue weighted by molar-refractivity contribution is 5.88. The minimum absolute atomic E-state index is 0.0253. The fraction of sp³-hybridized carbons (Fsp3) is 0.786. The molecule has 0 bridgehead atoms. The van der Waals surface area contributed by atoms with Gasteiger partial charge in [0, 0.05) is 19.1 Å². The summed E-state index contributed by atoms with van der Waals surface area (Å²) >= 11 is 0. The molecule has 3 rings (SSSR count). The van der Waals surface area contributed by atoms with Crippen LogP contribution >= 0.6 is 0 Å². The first-order valence-corrected chi connectivity index (χ1v) is 7.64. The van der Waals surface area contributed by atoms with Crippen LogP contribution in [0.4, 0.5) is 4.79 Å². The third kappa shape index (κ3) is 2.56. The van der Waals surface area contributed by atoms with Crippen LogP contribution in [0, 0.1) is 5.92 Å². The van der Waals surface area contributed by atoms with E-state index in [1.165, 1.54) is 4.90 Å². The highest BCUT2D eigenvalue weighted by Gasteiger charge is 2.48. The molecule has 116 valence electrons. The minimum Gasteiger partial charge on any atom is -0.480 e. The highest BCUT2D eigenvalue weighted by atomic mass is 16.4. The maximum Gasteiger partial charge on any atom is 0.326 e. The molecule has 0 spiro atoms. The molecule has 0 aromatic heterocycles. The van der Waals surface area contributed by atoms with Crippen molar-refractivity contribution in [1.29, 1.82) is 0 Å². The molecule has 7 heteroatoms. The van der Waals surface area contributed by atoms with Gasteiger partial charge in [-0.1, -0.05) is 12.8 Å². The highest BCUT2D eigenvalue weighted by Crippen LogP contribution is 2.40. The van der Waals surface area contributed by atoms with Crippen molar-refractivity contribution in [2.24, 2.45) is 5.92 Å². The van der Waals surface area contributed by atoms with Crippen LogP contribution in [-0.2, 0) is 9.59 Å². The van der Waals surface area contributed by atoms with E-state index < -0.39 is 12.0 Å². The molecule has 3 aliphatic rings. The summed E-state index contributed by atoms with van der Waals surface area (Å²) in [6.45, 7) is 0.911. The lowest BCUT2D eigenvalue weighted by Gasteiger charge is -2.37. The molecule has 1 saturated carbocycles. The number of carbonyl (C=O) groups is 3. The summed E-state index contributed by atoms with van der Waals surface area (Å²) in [6.07, 6.45) is 4.57. The molecule has 1 aliphatic carbocycles. The molecule has 2 heterocycles. The lowest BCUT2D eigenvalue weighted by Crippen LogP contribution is -2.57. The maximum atomic E-state index is 12.7. The van der Waals surface area contributed by atoms with Crippen molar-refractivity contribution in [3.05, 3.63) is 0 Å². The minimum atomic E-state index is -0.931. The van der Waals surface area contributed by atoms with Crippen molar-refractivity contribution in [2.45, 2.75) is 44.2 Å². The zero-order valence-corrected chi connectivity index (χ0v) is 12.0. The first kappa shape index (κ1) is 14.2. The van der Waals surface area contributed by atoms with E-state index in [-0.39, 0.29) is 24.5 Å². The summed E-state index contributed by atoms with van der Waals surface area (Å²) in [4.78, 5) is 38.7. The van der Waals surface area contributed by atoms with E-state index >= 15 is 0 Å². The number of nitrogens with one attached hydrogen (secondary N) is 1. The van der Waals surface area contributed by atoms with E-state index in [1.807, 2.05) is 0 Å². The van der Waals surface area contributed by atoms with Crippen molar-refractivity contribution in [3.63, 3.8) is 0 Å². The van der Waals surface area contributed by atoms with E-state index in [4.69, 9.17) is 0 Å². The number of carbonyl (C=O) groups excluding carboxylic acids is 2. The van der Waals surface area contributed by atoms with Crippen molar-refractivity contribution < 1.29 is 19.5 Å². The number of hydrogen-bond donors (Lipinski definition) is 2. The second-order valence-corrected chi connectivity index (χ2v) is 6.16. The molecule has 0 aromatic rings. The van der Waals surface area contributed by atoms with Gasteiger partial charge in [-0.3, -0.25) is 4.79 Å². The number of aliphatic carboxylic acids is 1. The van der Waals surface area contributed by atoms with Crippen LogP contribution in [0.15, 0.2) is 0 Å². The van der Waals surface area contributed by atoms with Gasteiger partial charge in [0.05, 0.1) is 0 Å². The first-order valence-electron chi connectivity index (χ1n) is 7.64. The monoisotopic (exact) mass is 295 g/mol. The lowest BCUT2D eigenvalue weighted by atomic mass is 9.85. The average molecular weight is 295 g/mol. The van der Waals surface area contributed by atoms with Gasteiger partial charge in [0.25, 0.3) is 0 Å². The van der Waals surface area contributed by atoms with Gasteiger partial charge in [-0.25, -0.2) is 9.59 Å². The molecule has 3 fully saturated rings. The largest absolute Gasteiger partial charge is 0.480 e. The number of piperazine rings is 1. The Labute approximate surface area is 123 Å². The molecule has 0 radical (unpaired) electrons. The van der Waals surface area contributed by atoms with Crippen LogP contribution < -0.4 is 5.32 Å². The number of carboxylic acids is 1. The number of carboxylic acid groups (broad SMARTS) is 1. The van der Waals surface area contributed by atoms with Gasteiger partial charge < -0.3 is 20.2 Å². The number of nitrogens with zero attached hydrogens (tertiary/aromatic N) is 2. The quantitative estimate of drug-likeness (QED) is 0.726. The summed E-state index contributed by atoms with van der Waals surface area (Å²) in [7, 11) is 0. The van der Waals surface area contributed by atoms with Gasteiger partial charge in [0.15, 0.2) is 0 Å². The number of hydrogen-bond acceptors (Lipinski definition) is 3. The molecule has 0 aromatic carbocycles. The van der Waals surface area contributed by atoms with Crippen LogP contribution in [0.3, 0.4) is 0 Å². The molecule has 7 nitrogen and oxygen atoms in total. The predicted molar refractivity (Wildman–Crippen MR) is 73.6 cm³/mol. The second kappa shape index (κ2) is 5.54. The molecule has 2 saturated heterocycles. The molecule has 21 heavy (non-hydrogen) atoms. The second-order valence-electron chi connectivity index (χ2n) is 6.16. The number of fused-ring (bicyclic) bond motifs is 1. The number of amides is 3. The van der Waals surface area contributed by atoms with E-state index in [0.29, 0.717) is 25.4 Å². The van der Waals surface area contributed by atoms with Crippen LogP contribution in [0.1, 0.15) is 32.1 Å². The van der Waals surface area contributed by atoms with Crippen molar-refractivity contribution >= 4 is 17.9 Å². The number of likely N-dealkylation sites (tertiary alicyclic amines) is 1. The van der Waals surface area contributed by atoms with Crippen LogP contribution in [0.25, 0.3) is 0 Å². The maximum absolute atomic E-state index is 12.7. The number of urea groups is 1. The van der Waals surface area contributed by atoms with Crippen molar-refractivity contribution in [1.82, 2.24) is 15.1 Å². The van der Waals surface area contributed by atoms with Crippen molar-refractivity contribution in [3.8, 4) is 0 Å². The summed E-state index contributed by atoms with van der Waals surface area (Å²) < 4.78 is 0. The Morgan fingerprint density at radius 3 is 2.71 bits per heavy atom. The average Bonchev–Trinajstić information content (AvgIpc) is 2.86. The van der Waals surface area contributed by atoms with E-state index in [0.717, 1.165) is 25.7 Å². The zero-order chi connectivity index (χ0) is 15.0. The fourth-order valence-electron chi connectivity index (χ4n) is 3.92. The topological polar surface area (TPSA) is 90.0 Å². The Morgan fingerprint density at radius 1 is 1.24 bits per heavy atom. The molecular formula is C14H21N3O4. The zero-order valence-electron chi connectivity index (χ0n) is 12.0. The smallest absolute Gasteiger partial charge is 0.326 e. The summed E-state index contributed by atoms with van der Waals surface area (Å²) in [6, 6.07) is -1.00. The normalized spacial score (nSPS) is 32.6. The SMILES string of the molecule is O=C1CN(C(=O)N2C(C(=O)O)CC3CCCCC32)CCN1. The van der Waals surface area contributed by atoms with Gasteiger partial charge in [0.2, 0.25) is 5.91 Å². The molecule has 2 aliphatic heterocycles. The molecule has 3 atom stereocenters. The summed E-state index contributed by atoms with van der Waals surface area (Å²) in [5.41, 5.74) is 0. The number of rotatable bonds is 1. The van der Waals surface area contributed by atoms with E-state index in [1.54, 1.807) is 4.90 Å². The van der Waals surface area contributed by atoms with Crippen molar-refractivity contribution in [2.75, 3.05) is 19.6 Å². The van der Waals surface area contributed by atoms with E-state index in [9.17, 15) is 19.5 Å². The van der Waals surface area contributed by atoms with Crippen LogP contribution in [0.2, 0.25) is 0 Å². The van der Waals surface area contributed by atoms with Gasteiger partial charge in [-0.15, -0.1) is 0 Å². The fourth-order valence-corrected chi connectivity index (χ4v) is 3.92. The lowest BCUT2D eigenvalue weighted by molar-refractivity contribution is -0.141. The van der Waals surface area contributed by atoms with Crippen LogP contribution in [0.5, 0.6) is 0 Å². The summed E-state index contributed by atoms with van der Waals surface area (Å²) in [5, 5.41) is 12.1. The van der Waals surface area contributed by atoms with Gasteiger partial charge >= 0.3 is 12.0 Å². The third-order valence-corrected chi connectivity index (χ3v) is 4.90.